The Hall–Kier alpha value is -1.66. The molecule has 0 atom stereocenters. The van der Waals surface area contributed by atoms with E-state index in [4.69, 9.17) is 9.47 Å². The Kier molecular flexibility index (Phi) is 6.99. The second-order valence-corrected chi connectivity index (χ2v) is 7.10. The van der Waals surface area contributed by atoms with Crippen molar-refractivity contribution in [2.75, 3.05) is 20.0 Å². The first-order chi connectivity index (χ1) is 11.5. The van der Waals surface area contributed by atoms with E-state index in [0.717, 1.165) is 20.5 Å². The maximum Gasteiger partial charge on any atom is 0.230 e. The highest BCUT2D eigenvalue weighted by Crippen LogP contribution is 2.28. The molecule has 0 saturated heterocycles. The minimum absolute atomic E-state index is 0.00268. The number of amides is 1. The van der Waals surface area contributed by atoms with E-state index in [1.165, 1.54) is 11.8 Å². The highest BCUT2D eigenvalue weighted by atomic mass is 79.9. The number of rotatable bonds is 7. The zero-order chi connectivity index (χ0) is 17.5. The Bertz CT molecular complexity index is 721. The van der Waals surface area contributed by atoms with Crippen molar-refractivity contribution in [1.29, 1.82) is 0 Å². The van der Waals surface area contributed by atoms with Gasteiger partial charge >= 0.3 is 0 Å². The van der Waals surface area contributed by atoms with Crippen molar-refractivity contribution >= 4 is 33.6 Å². The van der Waals surface area contributed by atoms with Crippen LogP contribution in [0.25, 0.3) is 0 Å². The van der Waals surface area contributed by atoms with Gasteiger partial charge in [0.25, 0.3) is 0 Å². The lowest BCUT2D eigenvalue weighted by Gasteiger charge is -2.10. The molecule has 0 aromatic heterocycles. The minimum Gasteiger partial charge on any atom is -0.493 e. The third-order valence-electron chi connectivity index (χ3n) is 3.43. The lowest BCUT2D eigenvalue weighted by atomic mass is 10.2. The first kappa shape index (κ1) is 18.7. The number of aryl methyl sites for hydroxylation is 1. The number of benzene rings is 2. The average molecular weight is 410 g/mol. The molecule has 0 aliphatic rings. The van der Waals surface area contributed by atoms with Gasteiger partial charge in [0, 0.05) is 15.9 Å². The fraction of sp³-hybridized carbons (Fsp3) is 0.278. The monoisotopic (exact) mass is 409 g/mol. The van der Waals surface area contributed by atoms with Crippen molar-refractivity contribution in [3.8, 4) is 11.5 Å². The summed E-state index contributed by atoms with van der Waals surface area (Å²) in [5.41, 5.74) is 2.12. The molecule has 0 unspecified atom stereocenters. The lowest BCUT2D eigenvalue weighted by molar-refractivity contribution is -0.118. The molecule has 0 fully saturated rings. The molecule has 0 heterocycles. The van der Waals surface area contributed by atoms with Crippen molar-refractivity contribution < 1.29 is 14.3 Å². The van der Waals surface area contributed by atoms with Gasteiger partial charge in [0.15, 0.2) is 11.5 Å². The van der Waals surface area contributed by atoms with Crippen LogP contribution in [0.4, 0.5) is 0 Å². The standard InChI is InChI=1S/C18H20BrNO3S/c1-12-8-14(19)5-7-17(12)24-11-18(21)20-10-13-4-6-15(22-2)16(9-13)23-3/h4-9H,10-11H2,1-3H3,(H,20,21). The van der Waals surface area contributed by atoms with E-state index in [2.05, 4.69) is 21.2 Å². The number of carbonyl (C=O) groups is 1. The summed E-state index contributed by atoms with van der Waals surface area (Å²) in [5.74, 6) is 1.71. The molecule has 0 radical (unpaired) electrons. The summed E-state index contributed by atoms with van der Waals surface area (Å²) < 4.78 is 11.5. The van der Waals surface area contributed by atoms with E-state index in [-0.39, 0.29) is 5.91 Å². The number of ether oxygens (including phenoxy) is 2. The molecular formula is C18H20BrNO3S. The zero-order valence-corrected chi connectivity index (χ0v) is 16.3. The number of nitrogens with one attached hydrogen (secondary N) is 1. The molecular weight excluding hydrogens is 390 g/mol. The van der Waals surface area contributed by atoms with Gasteiger partial charge in [-0.2, -0.15) is 0 Å². The van der Waals surface area contributed by atoms with Crippen LogP contribution >= 0.6 is 27.7 Å². The summed E-state index contributed by atoms with van der Waals surface area (Å²) >= 11 is 4.98. The summed E-state index contributed by atoms with van der Waals surface area (Å²) in [5, 5.41) is 2.92. The zero-order valence-electron chi connectivity index (χ0n) is 13.9. The summed E-state index contributed by atoms with van der Waals surface area (Å²) in [6.45, 7) is 2.49. The number of hydrogen-bond donors (Lipinski definition) is 1. The fourth-order valence-electron chi connectivity index (χ4n) is 2.16. The molecule has 24 heavy (non-hydrogen) atoms. The third-order valence-corrected chi connectivity index (χ3v) is 5.10. The minimum atomic E-state index is -0.00268. The summed E-state index contributed by atoms with van der Waals surface area (Å²) in [7, 11) is 3.19. The first-order valence-corrected chi connectivity index (χ1v) is 9.18. The Morgan fingerprint density at radius 2 is 1.88 bits per heavy atom. The Morgan fingerprint density at radius 3 is 2.54 bits per heavy atom. The molecule has 2 aromatic carbocycles. The summed E-state index contributed by atoms with van der Waals surface area (Å²) in [6, 6.07) is 11.7. The van der Waals surface area contributed by atoms with Gasteiger partial charge in [-0.05, 0) is 48.4 Å². The van der Waals surface area contributed by atoms with Crippen LogP contribution in [0.1, 0.15) is 11.1 Å². The molecule has 1 amide bonds. The van der Waals surface area contributed by atoms with Crippen LogP contribution in [0.3, 0.4) is 0 Å². The SMILES string of the molecule is COc1ccc(CNC(=O)CSc2ccc(Br)cc2C)cc1OC. The third kappa shape index (κ3) is 5.18. The average Bonchev–Trinajstić information content (AvgIpc) is 2.58. The van der Waals surface area contributed by atoms with Crippen LogP contribution in [-0.2, 0) is 11.3 Å². The van der Waals surface area contributed by atoms with Crippen molar-refractivity contribution in [3.63, 3.8) is 0 Å². The smallest absolute Gasteiger partial charge is 0.230 e. The topological polar surface area (TPSA) is 47.6 Å². The normalized spacial score (nSPS) is 10.3. The molecule has 1 N–H and O–H groups in total. The maximum absolute atomic E-state index is 12.0. The van der Waals surface area contributed by atoms with Crippen molar-refractivity contribution in [2.24, 2.45) is 0 Å². The predicted octanol–water partition coefficient (Wildman–Crippen LogP) is 4.18. The van der Waals surface area contributed by atoms with Crippen molar-refractivity contribution in [1.82, 2.24) is 5.32 Å². The quantitative estimate of drug-likeness (QED) is 0.696. The van der Waals surface area contributed by atoms with E-state index in [9.17, 15) is 4.79 Å². The van der Waals surface area contributed by atoms with Gasteiger partial charge in [-0.3, -0.25) is 4.79 Å². The van der Waals surface area contributed by atoms with Gasteiger partial charge < -0.3 is 14.8 Å². The second kappa shape index (κ2) is 8.99. The highest BCUT2D eigenvalue weighted by molar-refractivity contribution is 9.10. The molecule has 2 aromatic rings. The van der Waals surface area contributed by atoms with Gasteiger partial charge in [0.1, 0.15) is 0 Å². The summed E-state index contributed by atoms with van der Waals surface area (Å²) in [4.78, 5) is 13.2. The van der Waals surface area contributed by atoms with Crippen LogP contribution in [0.2, 0.25) is 0 Å². The van der Waals surface area contributed by atoms with Gasteiger partial charge in [0.05, 0.1) is 20.0 Å². The maximum atomic E-state index is 12.0. The van der Waals surface area contributed by atoms with E-state index in [0.29, 0.717) is 23.8 Å². The highest BCUT2D eigenvalue weighted by Gasteiger charge is 2.08. The molecule has 6 heteroatoms. The predicted molar refractivity (Wildman–Crippen MR) is 101 cm³/mol. The first-order valence-electron chi connectivity index (χ1n) is 7.40. The molecule has 0 saturated carbocycles. The van der Waals surface area contributed by atoms with Crippen LogP contribution in [-0.4, -0.2) is 25.9 Å². The molecule has 2 rings (SSSR count). The van der Waals surface area contributed by atoms with Gasteiger partial charge in [-0.15, -0.1) is 11.8 Å². The number of thioether (sulfide) groups is 1. The Balaban J connectivity index is 1.87. The van der Waals surface area contributed by atoms with Gasteiger partial charge in [-0.25, -0.2) is 0 Å². The Morgan fingerprint density at radius 1 is 1.12 bits per heavy atom. The van der Waals surface area contributed by atoms with E-state index in [1.807, 2.05) is 43.3 Å². The summed E-state index contributed by atoms with van der Waals surface area (Å²) in [6.07, 6.45) is 0. The van der Waals surface area contributed by atoms with Crippen LogP contribution < -0.4 is 14.8 Å². The van der Waals surface area contributed by atoms with Crippen LogP contribution in [0.5, 0.6) is 11.5 Å². The molecule has 0 aliphatic heterocycles. The van der Waals surface area contributed by atoms with Gasteiger partial charge in [-0.1, -0.05) is 22.0 Å². The van der Waals surface area contributed by atoms with Crippen molar-refractivity contribution in [3.05, 3.63) is 52.0 Å². The molecule has 4 nitrogen and oxygen atoms in total. The number of carbonyl (C=O) groups excluding carboxylic acids is 1. The van der Waals surface area contributed by atoms with Crippen LogP contribution in [0.15, 0.2) is 45.8 Å². The Labute approximate surface area is 155 Å². The molecule has 128 valence electrons. The molecule has 0 aliphatic carbocycles. The number of halogens is 1. The second-order valence-electron chi connectivity index (χ2n) is 5.16. The van der Waals surface area contributed by atoms with Crippen LogP contribution in [0, 0.1) is 6.92 Å². The van der Waals surface area contributed by atoms with E-state index in [1.54, 1.807) is 14.2 Å². The van der Waals surface area contributed by atoms with E-state index < -0.39 is 0 Å². The number of methoxy groups -OCH3 is 2. The number of hydrogen-bond acceptors (Lipinski definition) is 4. The molecule has 0 bridgehead atoms. The largest absolute Gasteiger partial charge is 0.493 e. The van der Waals surface area contributed by atoms with E-state index >= 15 is 0 Å². The van der Waals surface area contributed by atoms with Crippen molar-refractivity contribution in [2.45, 2.75) is 18.4 Å². The molecule has 0 spiro atoms. The lowest BCUT2D eigenvalue weighted by Crippen LogP contribution is -2.24. The fourth-order valence-corrected chi connectivity index (χ4v) is 3.48. The van der Waals surface area contributed by atoms with Gasteiger partial charge in [0.2, 0.25) is 5.91 Å².